The molecule has 0 bridgehead atoms. The number of hydrogen-bond donors (Lipinski definition) is 1. The molecule has 0 atom stereocenters. The summed E-state index contributed by atoms with van der Waals surface area (Å²) in [4.78, 5) is 3.69. The van der Waals surface area contributed by atoms with Crippen molar-refractivity contribution in [3.63, 3.8) is 0 Å². The van der Waals surface area contributed by atoms with E-state index < -0.39 is 0 Å². The van der Waals surface area contributed by atoms with Crippen molar-refractivity contribution in [2.75, 3.05) is 0 Å². The Hall–Kier alpha value is -7.59. The highest BCUT2D eigenvalue weighted by Crippen LogP contribution is 2.42. The number of rotatable bonds is 3. The monoisotopic (exact) mass is 648 g/mol. The Morgan fingerprint density at radius 2 is 1.04 bits per heavy atom. The van der Waals surface area contributed by atoms with Crippen LogP contribution in [0.2, 0.25) is 0 Å². The molecular formula is C45H24N6. The molecule has 0 saturated carbocycles. The van der Waals surface area contributed by atoms with Crippen LogP contribution >= 0.6 is 0 Å². The van der Waals surface area contributed by atoms with Crippen molar-refractivity contribution in [3.05, 3.63) is 156 Å². The fourth-order valence-electron chi connectivity index (χ4n) is 8.03. The first-order valence-corrected chi connectivity index (χ1v) is 16.6. The molecule has 10 rings (SSSR count). The maximum Gasteiger partial charge on any atom is 0.101 e. The molecule has 0 spiro atoms. The van der Waals surface area contributed by atoms with Crippen LogP contribution in [-0.4, -0.2) is 14.1 Å². The van der Waals surface area contributed by atoms with Gasteiger partial charge in [-0.05, 0) is 48.5 Å². The molecule has 3 heterocycles. The van der Waals surface area contributed by atoms with Gasteiger partial charge in [-0.2, -0.15) is 15.8 Å². The number of benzene rings is 7. The second kappa shape index (κ2) is 10.7. The van der Waals surface area contributed by atoms with Gasteiger partial charge in [0.2, 0.25) is 0 Å². The lowest BCUT2D eigenvalue weighted by atomic mass is 9.93. The van der Waals surface area contributed by atoms with E-state index in [1.807, 2.05) is 66.7 Å². The maximum atomic E-state index is 10.8. The number of aromatic amines is 1. The van der Waals surface area contributed by atoms with E-state index in [0.29, 0.717) is 33.5 Å². The number of H-pyrrole nitrogens is 1. The third-order valence-corrected chi connectivity index (χ3v) is 10.1. The largest absolute Gasteiger partial charge is 0.353 e. The van der Waals surface area contributed by atoms with E-state index in [1.165, 1.54) is 0 Å². The van der Waals surface area contributed by atoms with Crippen molar-refractivity contribution < 1.29 is 0 Å². The highest BCUT2D eigenvalue weighted by Gasteiger charge is 2.23. The summed E-state index contributed by atoms with van der Waals surface area (Å²) in [6.07, 6.45) is 0. The number of aromatic nitrogens is 3. The van der Waals surface area contributed by atoms with E-state index in [0.717, 1.165) is 71.1 Å². The predicted molar refractivity (Wildman–Crippen MR) is 204 cm³/mol. The zero-order valence-electron chi connectivity index (χ0n) is 27.0. The lowest BCUT2D eigenvalue weighted by Gasteiger charge is -2.18. The first-order valence-electron chi connectivity index (χ1n) is 16.6. The Morgan fingerprint density at radius 3 is 1.71 bits per heavy atom. The molecule has 1 N–H and O–H groups in total. The molecule has 0 saturated heterocycles. The fraction of sp³-hybridized carbons (Fsp3) is 0. The van der Waals surface area contributed by atoms with Crippen LogP contribution in [0.3, 0.4) is 0 Å². The van der Waals surface area contributed by atoms with Crippen LogP contribution in [0, 0.1) is 34.0 Å². The fourth-order valence-corrected chi connectivity index (χ4v) is 8.03. The van der Waals surface area contributed by atoms with Crippen molar-refractivity contribution >= 4 is 65.4 Å². The van der Waals surface area contributed by atoms with Gasteiger partial charge in [0.25, 0.3) is 0 Å². The van der Waals surface area contributed by atoms with Crippen LogP contribution in [0.4, 0.5) is 0 Å². The average molecular weight is 649 g/mol. The molecule has 234 valence electrons. The van der Waals surface area contributed by atoms with Crippen LogP contribution in [-0.2, 0) is 0 Å². The molecule has 0 fully saturated rings. The van der Waals surface area contributed by atoms with E-state index in [9.17, 15) is 15.8 Å². The molecule has 10 aromatic rings. The number of nitrogens with zero attached hydrogens (tertiary/aromatic N) is 5. The molecule has 7 aromatic carbocycles. The SMILES string of the molecule is N#Cc1cc(C#N)c(-n2c3ccccc3c3ccccc32)c(-c2ccc(-n3c4ccccc4c4ccc5c6ccccc6[nH]c5c43)cc2C#N)c1. The maximum absolute atomic E-state index is 10.8. The topological polar surface area (TPSA) is 97.0 Å². The summed E-state index contributed by atoms with van der Waals surface area (Å²) >= 11 is 0. The van der Waals surface area contributed by atoms with Gasteiger partial charge >= 0.3 is 0 Å². The van der Waals surface area contributed by atoms with Crippen LogP contribution < -0.4 is 0 Å². The summed E-state index contributed by atoms with van der Waals surface area (Å²) in [6, 6.07) is 53.7. The highest BCUT2D eigenvalue weighted by atomic mass is 15.0. The van der Waals surface area contributed by atoms with Crippen molar-refractivity contribution in [3.8, 4) is 40.7 Å². The summed E-state index contributed by atoms with van der Waals surface area (Å²) in [7, 11) is 0. The van der Waals surface area contributed by atoms with Gasteiger partial charge in [0.15, 0.2) is 0 Å². The normalized spacial score (nSPS) is 11.5. The van der Waals surface area contributed by atoms with Crippen molar-refractivity contribution in [2.45, 2.75) is 0 Å². The van der Waals surface area contributed by atoms with Crippen LogP contribution in [0.5, 0.6) is 0 Å². The Balaban J connectivity index is 1.28. The summed E-state index contributed by atoms with van der Waals surface area (Å²) in [5, 5.41) is 38.1. The van der Waals surface area contributed by atoms with Crippen molar-refractivity contribution in [1.82, 2.24) is 14.1 Å². The van der Waals surface area contributed by atoms with Crippen LogP contribution in [0.15, 0.2) is 140 Å². The number of fused-ring (bicyclic) bond motifs is 10. The van der Waals surface area contributed by atoms with Gasteiger partial charge in [-0.15, -0.1) is 0 Å². The molecule has 6 heteroatoms. The lowest BCUT2D eigenvalue weighted by molar-refractivity contribution is 1.16. The molecule has 0 radical (unpaired) electrons. The van der Waals surface area contributed by atoms with E-state index in [1.54, 1.807) is 12.1 Å². The second-order valence-electron chi connectivity index (χ2n) is 12.8. The average Bonchev–Trinajstić information content (AvgIpc) is 3.85. The Kier molecular flexibility index (Phi) is 5.97. The number of hydrogen-bond acceptors (Lipinski definition) is 3. The zero-order valence-corrected chi connectivity index (χ0v) is 27.0. The predicted octanol–water partition coefficient (Wildman–Crippen LogP) is 10.8. The van der Waals surface area contributed by atoms with E-state index in [2.05, 4.69) is 93.0 Å². The minimum atomic E-state index is 0.350. The molecule has 51 heavy (non-hydrogen) atoms. The number of para-hydroxylation sites is 4. The molecule has 3 aromatic heterocycles. The summed E-state index contributed by atoms with van der Waals surface area (Å²) < 4.78 is 4.32. The molecular weight excluding hydrogens is 625 g/mol. The van der Waals surface area contributed by atoms with E-state index in [-0.39, 0.29) is 0 Å². The standard InChI is InChI=1S/C45H24N6/c46-24-27-21-29(26-48)44(51-41-15-7-2-10-33(41)34-11-3-8-16-42(34)51)38(22-27)31-18-17-30(23-28(31)25-47)50-40-14-6-4-12-35(40)37-20-19-36-32-9-1-5-13-39(32)49-43(36)45(37)50/h1-23,49H. The number of nitrogens with one attached hydrogen (secondary N) is 1. The highest BCUT2D eigenvalue weighted by molar-refractivity contribution is 6.22. The molecule has 0 aliphatic carbocycles. The van der Waals surface area contributed by atoms with E-state index >= 15 is 0 Å². The third-order valence-electron chi connectivity index (χ3n) is 10.1. The first-order chi connectivity index (χ1) is 25.2. The summed E-state index contributed by atoms with van der Waals surface area (Å²) in [5.74, 6) is 0. The third kappa shape index (κ3) is 3.95. The van der Waals surface area contributed by atoms with Gasteiger partial charge in [0.1, 0.15) is 6.07 Å². The van der Waals surface area contributed by atoms with Gasteiger partial charge in [-0.3, -0.25) is 0 Å². The quantitative estimate of drug-likeness (QED) is 0.206. The van der Waals surface area contributed by atoms with Crippen molar-refractivity contribution in [1.29, 1.82) is 15.8 Å². The van der Waals surface area contributed by atoms with Crippen LogP contribution in [0.1, 0.15) is 16.7 Å². The molecule has 0 aliphatic rings. The van der Waals surface area contributed by atoms with Crippen LogP contribution in [0.25, 0.3) is 87.9 Å². The van der Waals surface area contributed by atoms with Gasteiger partial charge < -0.3 is 14.1 Å². The summed E-state index contributed by atoms with van der Waals surface area (Å²) in [6.45, 7) is 0. The van der Waals surface area contributed by atoms with Crippen molar-refractivity contribution in [2.24, 2.45) is 0 Å². The number of nitriles is 3. The van der Waals surface area contributed by atoms with E-state index in [4.69, 9.17) is 0 Å². The van der Waals surface area contributed by atoms with Gasteiger partial charge in [-0.1, -0.05) is 91.0 Å². The van der Waals surface area contributed by atoms with Gasteiger partial charge in [0, 0.05) is 54.6 Å². The molecule has 0 aliphatic heterocycles. The summed E-state index contributed by atoms with van der Waals surface area (Å²) in [5.41, 5.74) is 9.91. The molecule has 6 nitrogen and oxygen atoms in total. The smallest absolute Gasteiger partial charge is 0.101 e. The minimum absolute atomic E-state index is 0.350. The second-order valence-corrected chi connectivity index (χ2v) is 12.8. The molecule has 0 unspecified atom stereocenters. The first kappa shape index (κ1) is 28.4. The Morgan fingerprint density at radius 1 is 0.451 bits per heavy atom. The molecule has 0 amide bonds. The Bertz CT molecular complexity index is 3190. The lowest BCUT2D eigenvalue weighted by Crippen LogP contribution is -2.03. The minimum Gasteiger partial charge on any atom is -0.353 e. The Labute approximate surface area is 291 Å². The zero-order chi connectivity index (χ0) is 34.2. The van der Waals surface area contributed by atoms with Gasteiger partial charge in [0.05, 0.1) is 62.1 Å². The van der Waals surface area contributed by atoms with Gasteiger partial charge in [-0.25, -0.2) is 0 Å².